The van der Waals surface area contributed by atoms with Crippen molar-refractivity contribution in [2.24, 2.45) is 5.10 Å². The molecule has 0 saturated heterocycles. The smallest absolute Gasteiger partial charge is 0.288 e. The number of nitriles is 1. The Morgan fingerprint density at radius 3 is 2.69 bits per heavy atom. The fourth-order valence-electron chi connectivity index (χ4n) is 1.88. The molecule has 0 fully saturated rings. The largest absolute Gasteiger partial charge is 0.481 e. The number of carbonyl (C=O) groups excluding carboxylic acids is 1. The average Bonchev–Trinajstić information content (AvgIpc) is 2.63. The molecule has 2 aromatic rings. The molecule has 8 nitrogen and oxygen atoms in total. The van der Waals surface area contributed by atoms with Crippen LogP contribution in [0, 0.1) is 21.4 Å². The minimum Gasteiger partial charge on any atom is -0.481 e. The summed E-state index contributed by atoms with van der Waals surface area (Å²) in [5.74, 6) is -0.0713. The molecule has 9 heteroatoms. The van der Waals surface area contributed by atoms with Gasteiger partial charge in [0.25, 0.3) is 11.6 Å². The molecule has 26 heavy (non-hydrogen) atoms. The number of halogens is 1. The van der Waals surface area contributed by atoms with Crippen LogP contribution >= 0.6 is 11.6 Å². The summed E-state index contributed by atoms with van der Waals surface area (Å²) in [7, 11) is 0. The highest BCUT2D eigenvalue weighted by atomic mass is 35.5. The zero-order valence-electron chi connectivity index (χ0n) is 13.5. The van der Waals surface area contributed by atoms with Gasteiger partial charge in [-0.2, -0.15) is 10.4 Å². The van der Waals surface area contributed by atoms with Crippen molar-refractivity contribution in [1.82, 2.24) is 5.43 Å². The van der Waals surface area contributed by atoms with Gasteiger partial charge in [0.05, 0.1) is 22.8 Å². The number of amides is 1. The third-order valence-electron chi connectivity index (χ3n) is 3.22. The number of ether oxygens (including phenoxy) is 1. The average molecular weight is 373 g/mol. The van der Waals surface area contributed by atoms with Gasteiger partial charge in [0.1, 0.15) is 10.8 Å². The van der Waals surface area contributed by atoms with Gasteiger partial charge < -0.3 is 4.74 Å². The Morgan fingerprint density at radius 2 is 2.08 bits per heavy atom. The number of rotatable bonds is 6. The lowest BCUT2D eigenvalue weighted by molar-refractivity contribution is -0.384. The van der Waals surface area contributed by atoms with Crippen molar-refractivity contribution < 1.29 is 14.5 Å². The van der Waals surface area contributed by atoms with Crippen molar-refractivity contribution in [1.29, 1.82) is 5.26 Å². The Morgan fingerprint density at radius 1 is 1.38 bits per heavy atom. The molecule has 2 rings (SSSR count). The molecule has 1 atom stereocenters. The fraction of sp³-hybridized carbons (Fsp3) is 0.118. The van der Waals surface area contributed by atoms with Crippen LogP contribution in [0.25, 0.3) is 0 Å². The van der Waals surface area contributed by atoms with Gasteiger partial charge in [-0.1, -0.05) is 17.7 Å². The van der Waals surface area contributed by atoms with Crippen LogP contribution in [0.5, 0.6) is 5.75 Å². The molecular weight excluding hydrogens is 360 g/mol. The zero-order valence-corrected chi connectivity index (χ0v) is 14.3. The Labute approximate surface area is 153 Å². The van der Waals surface area contributed by atoms with E-state index < -0.39 is 16.9 Å². The predicted octanol–water partition coefficient (Wildman–Crippen LogP) is 3.04. The van der Waals surface area contributed by atoms with Gasteiger partial charge in [-0.3, -0.25) is 14.9 Å². The van der Waals surface area contributed by atoms with Crippen LogP contribution in [-0.4, -0.2) is 23.1 Å². The molecule has 0 bridgehead atoms. The molecule has 0 aliphatic heterocycles. The van der Waals surface area contributed by atoms with E-state index in [4.69, 9.17) is 21.6 Å². The SMILES string of the molecule is C[C@@H](Oc1ccc(C#N)cc1)C(=O)NN=Cc1ccc(Cl)c([N+](=O)[O-])c1. The number of carbonyl (C=O) groups is 1. The van der Waals surface area contributed by atoms with E-state index in [2.05, 4.69) is 10.5 Å². The van der Waals surface area contributed by atoms with Gasteiger partial charge in [0, 0.05) is 11.6 Å². The van der Waals surface area contributed by atoms with Crippen molar-refractivity contribution in [2.45, 2.75) is 13.0 Å². The molecule has 0 saturated carbocycles. The molecule has 2 aromatic carbocycles. The van der Waals surface area contributed by atoms with E-state index in [9.17, 15) is 14.9 Å². The van der Waals surface area contributed by atoms with Crippen LogP contribution in [0.4, 0.5) is 5.69 Å². The van der Waals surface area contributed by atoms with E-state index in [0.717, 1.165) is 0 Å². The Bertz CT molecular complexity index is 891. The second-order valence-electron chi connectivity index (χ2n) is 5.10. The van der Waals surface area contributed by atoms with Crippen molar-refractivity contribution in [3.05, 3.63) is 68.7 Å². The summed E-state index contributed by atoms with van der Waals surface area (Å²) < 4.78 is 5.44. The molecule has 0 spiro atoms. The van der Waals surface area contributed by atoms with E-state index in [0.29, 0.717) is 16.9 Å². The van der Waals surface area contributed by atoms with Crippen LogP contribution in [-0.2, 0) is 4.79 Å². The minimum atomic E-state index is -0.834. The number of nitro benzene ring substituents is 1. The summed E-state index contributed by atoms with van der Waals surface area (Å²) in [6.07, 6.45) is 0.426. The van der Waals surface area contributed by atoms with Crippen molar-refractivity contribution >= 4 is 29.4 Å². The molecule has 132 valence electrons. The molecular formula is C17H13ClN4O4. The van der Waals surface area contributed by atoms with Crippen LogP contribution in [0.1, 0.15) is 18.1 Å². The lowest BCUT2D eigenvalue weighted by atomic mass is 10.2. The van der Waals surface area contributed by atoms with Gasteiger partial charge in [0.2, 0.25) is 0 Å². The first-order chi connectivity index (χ1) is 12.4. The summed E-state index contributed by atoms with van der Waals surface area (Å²) in [5.41, 5.74) is 2.92. The van der Waals surface area contributed by atoms with Crippen molar-refractivity contribution in [2.75, 3.05) is 0 Å². The summed E-state index contributed by atoms with van der Waals surface area (Å²) in [4.78, 5) is 22.2. The van der Waals surface area contributed by atoms with Gasteiger partial charge >= 0.3 is 0 Å². The molecule has 0 aliphatic rings. The van der Waals surface area contributed by atoms with Gasteiger partial charge in [-0.25, -0.2) is 5.43 Å². The summed E-state index contributed by atoms with van der Waals surface area (Å²) in [6.45, 7) is 1.54. The highest BCUT2D eigenvalue weighted by molar-refractivity contribution is 6.32. The Hall–Kier alpha value is -3.44. The maximum atomic E-state index is 12.0. The van der Waals surface area contributed by atoms with Crippen molar-refractivity contribution in [3.63, 3.8) is 0 Å². The third kappa shape index (κ3) is 5.03. The van der Waals surface area contributed by atoms with Gasteiger partial charge in [0.15, 0.2) is 6.10 Å². The monoisotopic (exact) mass is 372 g/mol. The number of hydrogen-bond donors (Lipinski definition) is 1. The Kier molecular flexibility index (Phi) is 6.25. The van der Waals surface area contributed by atoms with E-state index in [-0.39, 0.29) is 10.7 Å². The highest BCUT2D eigenvalue weighted by Gasteiger charge is 2.14. The van der Waals surface area contributed by atoms with E-state index in [1.54, 1.807) is 24.3 Å². The maximum absolute atomic E-state index is 12.0. The molecule has 0 radical (unpaired) electrons. The molecule has 0 unspecified atom stereocenters. The molecule has 0 aliphatic carbocycles. The molecule has 1 amide bonds. The summed E-state index contributed by atoms with van der Waals surface area (Å²) in [6, 6.07) is 12.4. The topological polar surface area (TPSA) is 118 Å². The lowest BCUT2D eigenvalue weighted by Gasteiger charge is -2.12. The number of nitro groups is 1. The van der Waals surface area contributed by atoms with E-state index in [1.165, 1.54) is 31.3 Å². The Balaban J connectivity index is 1.94. The summed E-state index contributed by atoms with van der Waals surface area (Å²) >= 11 is 5.72. The van der Waals surface area contributed by atoms with Crippen LogP contribution in [0.2, 0.25) is 5.02 Å². The zero-order chi connectivity index (χ0) is 19.1. The molecule has 0 aromatic heterocycles. The summed E-state index contributed by atoms with van der Waals surface area (Å²) in [5, 5.41) is 23.3. The number of benzene rings is 2. The second-order valence-corrected chi connectivity index (χ2v) is 5.51. The van der Waals surface area contributed by atoms with Crippen LogP contribution in [0.3, 0.4) is 0 Å². The molecule has 0 heterocycles. The number of nitrogens with one attached hydrogen (secondary N) is 1. The van der Waals surface area contributed by atoms with Gasteiger partial charge in [-0.05, 0) is 37.3 Å². The first-order valence-corrected chi connectivity index (χ1v) is 7.72. The number of hydrazone groups is 1. The minimum absolute atomic E-state index is 0.0145. The first-order valence-electron chi connectivity index (χ1n) is 7.34. The van der Waals surface area contributed by atoms with E-state index in [1.807, 2.05) is 6.07 Å². The predicted molar refractivity (Wildman–Crippen MR) is 95.1 cm³/mol. The highest BCUT2D eigenvalue weighted by Crippen LogP contribution is 2.24. The first kappa shape index (κ1) is 18.9. The van der Waals surface area contributed by atoms with Gasteiger partial charge in [-0.15, -0.1) is 0 Å². The van der Waals surface area contributed by atoms with E-state index >= 15 is 0 Å². The van der Waals surface area contributed by atoms with Crippen LogP contribution in [0.15, 0.2) is 47.6 Å². The lowest BCUT2D eigenvalue weighted by Crippen LogP contribution is -2.33. The molecule has 1 N–H and O–H groups in total. The normalized spacial score (nSPS) is 11.6. The number of nitrogens with zero attached hydrogens (tertiary/aromatic N) is 3. The van der Waals surface area contributed by atoms with Crippen molar-refractivity contribution in [3.8, 4) is 11.8 Å². The second kappa shape index (κ2) is 8.60. The van der Waals surface area contributed by atoms with Crippen LogP contribution < -0.4 is 10.2 Å². The maximum Gasteiger partial charge on any atom is 0.288 e. The fourth-order valence-corrected chi connectivity index (χ4v) is 2.06. The standard InChI is InChI=1S/C17H13ClN4O4/c1-11(26-14-5-2-12(9-19)3-6-14)17(23)21-20-10-13-4-7-15(18)16(8-13)22(24)25/h2-8,10-11H,1H3,(H,21,23)/t11-/m1/s1. The number of hydrogen-bond acceptors (Lipinski definition) is 6. The quantitative estimate of drug-likeness (QED) is 0.475. The third-order valence-corrected chi connectivity index (χ3v) is 3.54.